The van der Waals surface area contributed by atoms with E-state index in [0.29, 0.717) is 40.3 Å². The smallest absolute Gasteiger partial charge is 0.305 e. The van der Waals surface area contributed by atoms with Crippen molar-refractivity contribution in [2.75, 3.05) is 19.9 Å². The summed E-state index contributed by atoms with van der Waals surface area (Å²) in [4.78, 5) is 26.6. The van der Waals surface area contributed by atoms with E-state index in [0.717, 1.165) is 44.1 Å². The Bertz CT molecular complexity index is 824. The number of thiocarbonyl (C=S) groups is 1. The number of thioether (sulfide) groups is 1. The highest BCUT2D eigenvalue weighted by Crippen LogP contribution is 2.36. The molecular formula is C22H27NO5S2. The Balaban J connectivity index is 1.40. The van der Waals surface area contributed by atoms with Crippen molar-refractivity contribution in [3.05, 3.63) is 28.7 Å². The molecule has 1 amide bonds. The Kier molecular flexibility index (Phi) is 8.57. The lowest BCUT2D eigenvalue weighted by Gasteiger charge is -2.14. The van der Waals surface area contributed by atoms with Gasteiger partial charge in [-0.25, -0.2) is 0 Å². The summed E-state index contributed by atoms with van der Waals surface area (Å²) >= 11 is 6.70. The molecule has 2 heterocycles. The maximum Gasteiger partial charge on any atom is 0.305 e. The first kappa shape index (κ1) is 22.6. The van der Waals surface area contributed by atoms with Gasteiger partial charge in [0, 0.05) is 13.0 Å². The third kappa shape index (κ3) is 6.22. The molecule has 3 rings (SSSR count). The maximum absolute atomic E-state index is 12.7. The van der Waals surface area contributed by atoms with Crippen LogP contribution >= 0.6 is 24.0 Å². The molecule has 0 atom stereocenters. The second kappa shape index (κ2) is 11.4. The minimum atomic E-state index is -0.136. The Morgan fingerprint density at radius 1 is 1.20 bits per heavy atom. The highest BCUT2D eigenvalue weighted by molar-refractivity contribution is 8.26. The van der Waals surface area contributed by atoms with Crippen LogP contribution in [-0.4, -0.2) is 41.0 Å². The summed E-state index contributed by atoms with van der Waals surface area (Å²) in [7, 11) is 0. The van der Waals surface area contributed by atoms with Gasteiger partial charge < -0.3 is 14.2 Å². The number of amides is 1. The lowest BCUT2D eigenvalue weighted by molar-refractivity contribution is -0.144. The number of nitrogens with zero attached hydrogens (tertiary/aromatic N) is 1. The Morgan fingerprint density at radius 2 is 2.03 bits per heavy atom. The van der Waals surface area contributed by atoms with Crippen LogP contribution < -0.4 is 9.47 Å². The molecule has 0 radical (unpaired) electrons. The summed E-state index contributed by atoms with van der Waals surface area (Å²) in [6, 6.07) is 5.58. The largest absolute Gasteiger partial charge is 0.466 e. The minimum Gasteiger partial charge on any atom is -0.466 e. The molecule has 0 unspecified atom stereocenters. The van der Waals surface area contributed by atoms with E-state index >= 15 is 0 Å². The van der Waals surface area contributed by atoms with E-state index in [2.05, 4.69) is 6.92 Å². The fourth-order valence-corrected chi connectivity index (χ4v) is 4.48. The van der Waals surface area contributed by atoms with Gasteiger partial charge in [-0.1, -0.05) is 56.2 Å². The van der Waals surface area contributed by atoms with Crippen molar-refractivity contribution in [3.63, 3.8) is 0 Å². The van der Waals surface area contributed by atoms with E-state index in [1.54, 1.807) is 4.90 Å². The maximum atomic E-state index is 12.7. The van der Waals surface area contributed by atoms with Crippen LogP contribution in [0.2, 0.25) is 0 Å². The first-order valence-electron chi connectivity index (χ1n) is 10.4. The number of fused-ring (bicyclic) bond motifs is 1. The van der Waals surface area contributed by atoms with Gasteiger partial charge >= 0.3 is 5.97 Å². The van der Waals surface area contributed by atoms with Gasteiger partial charge in [-0.3, -0.25) is 14.5 Å². The number of carbonyl (C=O) groups excluding carboxylic acids is 2. The number of carbonyl (C=O) groups is 2. The number of hydrogen-bond acceptors (Lipinski definition) is 7. The van der Waals surface area contributed by atoms with Gasteiger partial charge in [0.2, 0.25) is 6.79 Å². The van der Waals surface area contributed by atoms with E-state index in [9.17, 15) is 9.59 Å². The second-order valence-electron chi connectivity index (χ2n) is 7.18. The Hall–Kier alpha value is -2.06. The molecule has 0 N–H and O–H groups in total. The number of hydrogen-bond donors (Lipinski definition) is 0. The lowest BCUT2D eigenvalue weighted by atomic mass is 10.1. The van der Waals surface area contributed by atoms with E-state index in [-0.39, 0.29) is 18.7 Å². The Morgan fingerprint density at radius 3 is 2.87 bits per heavy atom. The number of rotatable bonds is 11. The molecule has 2 aliphatic heterocycles. The average molecular weight is 450 g/mol. The van der Waals surface area contributed by atoms with Gasteiger partial charge in [0.05, 0.1) is 11.5 Å². The van der Waals surface area contributed by atoms with Gasteiger partial charge in [-0.15, -0.1) is 0 Å². The summed E-state index contributed by atoms with van der Waals surface area (Å²) in [5.41, 5.74) is 0.872. The van der Waals surface area contributed by atoms with Crippen molar-refractivity contribution < 1.29 is 23.8 Å². The van der Waals surface area contributed by atoms with Crippen molar-refractivity contribution in [2.24, 2.45) is 0 Å². The van der Waals surface area contributed by atoms with E-state index in [1.807, 2.05) is 24.3 Å². The SMILES string of the molecule is CCCCCOC(=O)CCCCCN1C(=O)/C(=C/c2ccc3c(c2)OCO3)SC1=S. The molecule has 6 nitrogen and oxygen atoms in total. The molecule has 8 heteroatoms. The molecule has 1 saturated heterocycles. The van der Waals surface area contributed by atoms with E-state index in [4.69, 9.17) is 26.4 Å². The molecular weight excluding hydrogens is 422 g/mol. The minimum absolute atomic E-state index is 0.0713. The van der Waals surface area contributed by atoms with Crippen molar-refractivity contribution in [1.29, 1.82) is 0 Å². The number of benzene rings is 1. The summed E-state index contributed by atoms with van der Waals surface area (Å²) in [5.74, 6) is 1.19. The van der Waals surface area contributed by atoms with Crippen LogP contribution in [-0.2, 0) is 14.3 Å². The van der Waals surface area contributed by atoms with Crippen LogP contribution in [0.5, 0.6) is 11.5 Å². The van der Waals surface area contributed by atoms with Crippen molar-refractivity contribution >= 4 is 46.3 Å². The molecule has 0 spiro atoms. The summed E-state index contributed by atoms with van der Waals surface area (Å²) < 4.78 is 16.5. The first-order chi connectivity index (χ1) is 14.6. The normalized spacial score (nSPS) is 16.6. The molecule has 1 aromatic rings. The zero-order valence-electron chi connectivity index (χ0n) is 17.2. The average Bonchev–Trinajstić information content (AvgIpc) is 3.30. The van der Waals surface area contributed by atoms with Crippen molar-refractivity contribution in [1.82, 2.24) is 4.90 Å². The van der Waals surface area contributed by atoms with Gasteiger partial charge in [-0.05, 0) is 43.0 Å². The highest BCUT2D eigenvalue weighted by Gasteiger charge is 2.31. The monoisotopic (exact) mass is 449 g/mol. The van der Waals surface area contributed by atoms with E-state index in [1.165, 1.54) is 11.8 Å². The lowest BCUT2D eigenvalue weighted by Crippen LogP contribution is -2.29. The third-order valence-electron chi connectivity index (χ3n) is 4.84. The molecule has 30 heavy (non-hydrogen) atoms. The molecule has 0 aliphatic carbocycles. The molecule has 0 aromatic heterocycles. The van der Waals surface area contributed by atoms with Crippen molar-refractivity contribution in [3.8, 4) is 11.5 Å². The van der Waals surface area contributed by atoms with Crippen LogP contribution in [0.25, 0.3) is 6.08 Å². The molecule has 1 aromatic carbocycles. The molecule has 1 fully saturated rings. The van der Waals surface area contributed by atoms with E-state index < -0.39 is 0 Å². The van der Waals surface area contributed by atoms with Crippen LogP contribution in [0.15, 0.2) is 23.1 Å². The summed E-state index contributed by atoms with van der Waals surface area (Å²) in [6.45, 7) is 3.42. The molecule has 0 bridgehead atoms. The van der Waals surface area contributed by atoms with Gasteiger partial charge in [0.25, 0.3) is 5.91 Å². The zero-order valence-corrected chi connectivity index (χ0v) is 18.8. The van der Waals surface area contributed by atoms with Crippen molar-refractivity contribution in [2.45, 2.75) is 51.9 Å². The van der Waals surface area contributed by atoms with Crippen LogP contribution in [0.4, 0.5) is 0 Å². The quantitative estimate of drug-likeness (QED) is 0.206. The third-order valence-corrected chi connectivity index (χ3v) is 6.22. The number of unbranched alkanes of at least 4 members (excludes halogenated alkanes) is 4. The highest BCUT2D eigenvalue weighted by atomic mass is 32.2. The van der Waals surface area contributed by atoms with Crippen LogP contribution in [0, 0.1) is 0 Å². The predicted molar refractivity (Wildman–Crippen MR) is 121 cm³/mol. The molecule has 2 aliphatic rings. The topological polar surface area (TPSA) is 65.1 Å². The fourth-order valence-electron chi connectivity index (χ4n) is 3.17. The fraction of sp³-hybridized carbons (Fsp3) is 0.500. The molecule has 162 valence electrons. The van der Waals surface area contributed by atoms with Gasteiger partial charge in [-0.2, -0.15) is 0 Å². The standard InChI is InChI=1S/C22H27NO5S2/c1-2-3-7-12-26-20(24)8-5-4-6-11-23-21(25)19(30-22(23)29)14-16-9-10-17-18(13-16)28-15-27-17/h9-10,13-14H,2-8,11-12,15H2,1H3/b19-14-. The van der Waals surface area contributed by atoms with Gasteiger partial charge in [0.1, 0.15) is 4.32 Å². The number of esters is 1. The number of ether oxygens (including phenoxy) is 3. The van der Waals surface area contributed by atoms with Crippen LogP contribution in [0.3, 0.4) is 0 Å². The Labute approximate surface area is 186 Å². The summed E-state index contributed by atoms with van der Waals surface area (Å²) in [5, 5.41) is 0. The zero-order chi connectivity index (χ0) is 21.3. The molecule has 0 saturated carbocycles. The predicted octanol–water partition coefficient (Wildman–Crippen LogP) is 4.91. The summed E-state index contributed by atoms with van der Waals surface area (Å²) in [6.07, 6.45) is 7.78. The first-order valence-corrected chi connectivity index (χ1v) is 11.6. The second-order valence-corrected chi connectivity index (χ2v) is 8.86. The van der Waals surface area contributed by atoms with Gasteiger partial charge in [0.15, 0.2) is 11.5 Å². The van der Waals surface area contributed by atoms with Crippen LogP contribution in [0.1, 0.15) is 57.4 Å².